The zero-order valence-electron chi connectivity index (χ0n) is 17.2. The Balaban J connectivity index is 1.75. The lowest BCUT2D eigenvalue weighted by molar-refractivity contribution is -0.119. The maximum atomic E-state index is 14.1. The van der Waals surface area contributed by atoms with Gasteiger partial charge in [0.25, 0.3) is 0 Å². The van der Waals surface area contributed by atoms with Gasteiger partial charge in [-0.2, -0.15) is 10.1 Å². The minimum absolute atomic E-state index is 0.0266. The number of carbonyl (C=O) groups is 1. The molecule has 1 amide bonds. The number of benzene rings is 2. The number of aliphatic hydroxyl groups excluding tert-OH is 1. The van der Waals surface area contributed by atoms with Crippen LogP contribution in [0.4, 0.5) is 16.0 Å². The predicted octanol–water partition coefficient (Wildman–Crippen LogP) is 3.43. The van der Waals surface area contributed by atoms with Crippen LogP contribution < -0.4 is 10.6 Å². The first kappa shape index (κ1) is 20.7. The number of aromatic nitrogens is 3. The van der Waals surface area contributed by atoms with Crippen molar-refractivity contribution >= 4 is 17.5 Å². The highest BCUT2D eigenvalue weighted by atomic mass is 19.1. The second-order valence-corrected chi connectivity index (χ2v) is 7.56. The minimum atomic E-state index is -0.749. The van der Waals surface area contributed by atoms with E-state index < -0.39 is 17.8 Å². The van der Waals surface area contributed by atoms with Gasteiger partial charge in [-0.05, 0) is 42.7 Å². The molecule has 2 aromatic carbocycles. The fraction of sp³-hybridized carbons (Fsp3) is 0.261. The van der Waals surface area contributed by atoms with Crippen molar-refractivity contribution in [3.8, 4) is 0 Å². The van der Waals surface area contributed by atoms with Crippen LogP contribution in [0.2, 0.25) is 0 Å². The largest absolute Gasteiger partial charge is 0.396 e. The molecule has 31 heavy (non-hydrogen) atoms. The second-order valence-electron chi connectivity index (χ2n) is 7.56. The molecule has 0 saturated heterocycles. The standard InChI is InChI=1S/C23H24FN5O2/c1-14-7-3-4-10-18(14)26-22(31)20-15(2)25-23-27-19(11-6-12-30)28-29(23)21(20)16-8-5-9-17(24)13-16/h3-5,7-10,13,20-21,30H,2,6,11-12H2,1H3,(H,26,31)(H,25,27,28)/t20-,21+/m1/s1. The van der Waals surface area contributed by atoms with Crippen molar-refractivity contribution in [3.63, 3.8) is 0 Å². The van der Waals surface area contributed by atoms with Crippen LogP contribution in [-0.2, 0) is 11.2 Å². The van der Waals surface area contributed by atoms with E-state index in [0.29, 0.717) is 41.6 Å². The summed E-state index contributed by atoms with van der Waals surface area (Å²) in [6.45, 7) is 6.00. The van der Waals surface area contributed by atoms with Crippen LogP contribution in [-0.4, -0.2) is 32.4 Å². The molecule has 3 aromatic rings. The first-order valence-electron chi connectivity index (χ1n) is 10.1. The van der Waals surface area contributed by atoms with Crippen LogP contribution in [0.3, 0.4) is 0 Å². The third-order valence-corrected chi connectivity index (χ3v) is 5.34. The van der Waals surface area contributed by atoms with Gasteiger partial charge in [0.05, 0.1) is 6.04 Å². The summed E-state index contributed by atoms with van der Waals surface area (Å²) in [6.07, 6.45) is 1.01. The molecule has 1 aromatic heterocycles. The van der Waals surface area contributed by atoms with Crippen LogP contribution in [0.5, 0.6) is 0 Å². The topological polar surface area (TPSA) is 92.1 Å². The number of hydrogen-bond donors (Lipinski definition) is 3. The van der Waals surface area contributed by atoms with Crippen molar-refractivity contribution in [2.45, 2.75) is 25.8 Å². The van der Waals surface area contributed by atoms with E-state index >= 15 is 0 Å². The molecule has 160 valence electrons. The molecule has 2 heterocycles. The molecule has 8 heteroatoms. The fourth-order valence-corrected chi connectivity index (χ4v) is 3.79. The summed E-state index contributed by atoms with van der Waals surface area (Å²) < 4.78 is 15.7. The van der Waals surface area contributed by atoms with Gasteiger partial charge < -0.3 is 15.7 Å². The van der Waals surface area contributed by atoms with Crippen LogP contribution >= 0.6 is 0 Å². The SMILES string of the molecule is C=C1Nc2nc(CCCO)nn2[C@@H](c2cccc(F)c2)[C@@H]1C(=O)Nc1ccccc1C. The van der Waals surface area contributed by atoms with E-state index in [4.69, 9.17) is 5.11 Å². The lowest BCUT2D eigenvalue weighted by Crippen LogP contribution is -2.39. The number of nitrogens with zero attached hydrogens (tertiary/aromatic N) is 3. The normalized spacial score (nSPS) is 17.7. The second kappa shape index (κ2) is 8.69. The van der Waals surface area contributed by atoms with E-state index in [1.165, 1.54) is 12.1 Å². The molecule has 0 spiro atoms. The predicted molar refractivity (Wildman–Crippen MR) is 116 cm³/mol. The van der Waals surface area contributed by atoms with Crippen LogP contribution in [0.1, 0.15) is 29.4 Å². The molecule has 7 nitrogen and oxygen atoms in total. The van der Waals surface area contributed by atoms with E-state index in [1.54, 1.807) is 16.8 Å². The molecule has 1 aliphatic heterocycles. The number of anilines is 2. The monoisotopic (exact) mass is 421 g/mol. The highest BCUT2D eigenvalue weighted by molar-refractivity contribution is 5.96. The summed E-state index contributed by atoms with van der Waals surface area (Å²) in [4.78, 5) is 17.9. The lowest BCUT2D eigenvalue weighted by Gasteiger charge is -2.33. The minimum Gasteiger partial charge on any atom is -0.396 e. The van der Waals surface area contributed by atoms with Crippen molar-refractivity contribution in [3.05, 3.63) is 83.6 Å². The summed E-state index contributed by atoms with van der Waals surface area (Å²) in [5, 5.41) is 19.7. The van der Waals surface area contributed by atoms with Gasteiger partial charge in [0.15, 0.2) is 5.82 Å². The maximum absolute atomic E-state index is 14.1. The molecule has 0 radical (unpaired) electrons. The number of fused-ring (bicyclic) bond motifs is 1. The number of para-hydroxylation sites is 1. The first-order valence-corrected chi connectivity index (χ1v) is 10.1. The number of rotatable bonds is 6. The zero-order valence-corrected chi connectivity index (χ0v) is 17.2. The first-order chi connectivity index (χ1) is 15.0. The van der Waals surface area contributed by atoms with Crippen LogP contribution in [0, 0.1) is 18.7 Å². The van der Waals surface area contributed by atoms with Gasteiger partial charge in [-0.25, -0.2) is 9.07 Å². The van der Waals surface area contributed by atoms with Gasteiger partial charge in [-0.3, -0.25) is 4.79 Å². The summed E-state index contributed by atoms with van der Waals surface area (Å²) >= 11 is 0. The quantitative estimate of drug-likeness (QED) is 0.567. The molecule has 0 fully saturated rings. The third-order valence-electron chi connectivity index (χ3n) is 5.34. The molecule has 1 aliphatic rings. The van der Waals surface area contributed by atoms with Crippen molar-refractivity contribution in [1.82, 2.24) is 14.8 Å². The Kier molecular flexibility index (Phi) is 5.81. The van der Waals surface area contributed by atoms with E-state index in [-0.39, 0.29) is 12.5 Å². The Morgan fingerprint density at radius 1 is 1.29 bits per heavy atom. The molecule has 2 atom stereocenters. The number of hydrogen-bond acceptors (Lipinski definition) is 5. The number of nitrogens with one attached hydrogen (secondary N) is 2. The van der Waals surface area contributed by atoms with Crippen molar-refractivity contribution in [2.75, 3.05) is 17.2 Å². The van der Waals surface area contributed by atoms with E-state index in [1.807, 2.05) is 31.2 Å². The third kappa shape index (κ3) is 4.20. The number of halogens is 1. The maximum Gasteiger partial charge on any atom is 0.235 e. The average molecular weight is 421 g/mol. The van der Waals surface area contributed by atoms with Crippen LogP contribution in [0.25, 0.3) is 0 Å². The summed E-state index contributed by atoms with van der Waals surface area (Å²) in [6, 6.07) is 13.0. The van der Waals surface area contributed by atoms with E-state index in [0.717, 1.165) is 5.56 Å². The van der Waals surface area contributed by atoms with Gasteiger partial charge in [-0.1, -0.05) is 36.9 Å². The van der Waals surface area contributed by atoms with Crippen molar-refractivity contribution in [2.24, 2.45) is 5.92 Å². The van der Waals surface area contributed by atoms with Gasteiger partial charge in [0.2, 0.25) is 11.9 Å². The average Bonchev–Trinajstić information content (AvgIpc) is 3.15. The van der Waals surface area contributed by atoms with Gasteiger partial charge >= 0.3 is 0 Å². The Hall–Kier alpha value is -3.52. The molecule has 0 bridgehead atoms. The van der Waals surface area contributed by atoms with Crippen molar-refractivity contribution < 1.29 is 14.3 Å². The molecule has 0 unspecified atom stereocenters. The smallest absolute Gasteiger partial charge is 0.235 e. The van der Waals surface area contributed by atoms with E-state index in [9.17, 15) is 9.18 Å². The molecular weight excluding hydrogens is 397 g/mol. The molecule has 0 aliphatic carbocycles. The Bertz CT molecular complexity index is 1130. The van der Waals surface area contributed by atoms with Gasteiger partial charge in [0, 0.05) is 24.4 Å². The lowest BCUT2D eigenvalue weighted by atomic mass is 9.88. The molecule has 3 N–H and O–H groups in total. The zero-order chi connectivity index (χ0) is 22.0. The Labute approximate surface area is 179 Å². The summed E-state index contributed by atoms with van der Waals surface area (Å²) in [5.41, 5.74) is 2.67. The van der Waals surface area contributed by atoms with Gasteiger partial charge in [0.1, 0.15) is 11.7 Å². The number of aryl methyl sites for hydroxylation is 2. The Morgan fingerprint density at radius 3 is 2.84 bits per heavy atom. The van der Waals surface area contributed by atoms with Gasteiger partial charge in [-0.15, -0.1) is 0 Å². The van der Waals surface area contributed by atoms with Crippen molar-refractivity contribution in [1.29, 1.82) is 0 Å². The number of carbonyl (C=O) groups excluding carboxylic acids is 1. The molecular formula is C23H24FN5O2. The number of amides is 1. The summed E-state index contributed by atoms with van der Waals surface area (Å²) in [5.74, 6) is -0.458. The fourth-order valence-electron chi connectivity index (χ4n) is 3.79. The highest BCUT2D eigenvalue weighted by Crippen LogP contribution is 2.38. The number of aliphatic hydroxyl groups is 1. The summed E-state index contributed by atoms with van der Waals surface area (Å²) in [7, 11) is 0. The molecule has 4 rings (SSSR count). The molecule has 0 saturated carbocycles. The highest BCUT2D eigenvalue weighted by Gasteiger charge is 2.40. The van der Waals surface area contributed by atoms with E-state index in [2.05, 4.69) is 27.3 Å². The Morgan fingerprint density at radius 2 is 2.10 bits per heavy atom. The van der Waals surface area contributed by atoms with Crippen LogP contribution in [0.15, 0.2) is 60.8 Å².